The molecule has 3 heterocycles. The summed E-state index contributed by atoms with van der Waals surface area (Å²) in [5, 5.41) is 17.1. The zero-order valence-electron chi connectivity index (χ0n) is 24.6. The Labute approximate surface area is 246 Å². The van der Waals surface area contributed by atoms with Crippen LogP contribution in [0, 0.1) is 12.0 Å². The molecule has 1 aromatic heterocycles. The lowest BCUT2D eigenvalue weighted by molar-refractivity contribution is -0.121. The Kier molecular flexibility index (Phi) is 13.6. The van der Waals surface area contributed by atoms with Gasteiger partial charge in [-0.25, -0.2) is 4.79 Å². The number of amides is 3. The van der Waals surface area contributed by atoms with Gasteiger partial charge in [0.15, 0.2) is 0 Å². The van der Waals surface area contributed by atoms with Crippen molar-refractivity contribution in [2.45, 2.75) is 76.6 Å². The molecule has 14 heteroatoms. The van der Waals surface area contributed by atoms with E-state index >= 15 is 0 Å². The van der Waals surface area contributed by atoms with Crippen molar-refractivity contribution in [1.29, 1.82) is 0 Å². The quantitative estimate of drug-likeness (QED) is 0.152. The number of aromatic nitrogens is 3. The molecule has 13 nitrogen and oxygen atoms in total. The number of thioether (sulfide) groups is 1. The second kappa shape index (κ2) is 16.9. The molecule has 3 N–H and O–H groups in total. The lowest BCUT2D eigenvalue weighted by atomic mass is 9.97. The molecular weight excluding hydrogens is 550 g/mol. The number of hydrogen-bond donors (Lipinski definition) is 3. The van der Waals surface area contributed by atoms with Gasteiger partial charge in [0.1, 0.15) is 11.7 Å². The molecule has 0 radical (unpaired) electrons. The van der Waals surface area contributed by atoms with Crippen LogP contribution in [-0.4, -0.2) is 102 Å². The number of carbonyl (C=O) groups is 2. The molecule has 0 saturated carbocycles. The number of rotatable bonds is 20. The van der Waals surface area contributed by atoms with E-state index in [1.165, 1.54) is 0 Å². The maximum Gasteiger partial charge on any atom is 0.386 e. The maximum atomic E-state index is 12.1. The lowest BCUT2D eigenvalue weighted by Crippen LogP contribution is -2.47. The Balaban J connectivity index is 1.05. The molecule has 2 fully saturated rings. The van der Waals surface area contributed by atoms with Crippen LogP contribution in [0.3, 0.4) is 0 Å². The first-order valence-electron chi connectivity index (χ1n) is 14.3. The molecule has 0 unspecified atom stereocenters. The number of unbranched alkanes of at least 4 members (excludes halogenated alkanes) is 1. The van der Waals surface area contributed by atoms with E-state index in [9.17, 15) is 9.59 Å². The van der Waals surface area contributed by atoms with Gasteiger partial charge in [-0.1, -0.05) is 37.3 Å². The Hall–Kier alpha value is -2.44. The first-order chi connectivity index (χ1) is 19.7. The van der Waals surface area contributed by atoms with Crippen LogP contribution in [0.1, 0.15) is 52.1 Å². The zero-order valence-corrected chi connectivity index (χ0v) is 25.4. The summed E-state index contributed by atoms with van der Waals surface area (Å²) >= 11 is 1.76. The Morgan fingerprint density at radius 3 is 2.51 bits per heavy atom. The SMILES string of the molecule is C#[N+][C@]12CS[C@@H](CCCCC(=O)NCCOCCOCCOCCOCc3cn(CC(C)(C)C)nn3)[C@H]1NC(=O)N2. The zero-order chi connectivity index (χ0) is 29.6. The lowest BCUT2D eigenvalue weighted by Gasteiger charge is -2.16. The molecule has 3 amide bonds. The summed E-state index contributed by atoms with van der Waals surface area (Å²) in [4.78, 5) is 27.7. The monoisotopic (exact) mass is 596 g/mol. The summed E-state index contributed by atoms with van der Waals surface area (Å²) in [6.45, 7) is 17.0. The van der Waals surface area contributed by atoms with Gasteiger partial charge in [-0.3, -0.25) is 14.8 Å². The van der Waals surface area contributed by atoms with E-state index in [1.807, 2.05) is 10.9 Å². The highest BCUT2D eigenvalue weighted by atomic mass is 32.2. The summed E-state index contributed by atoms with van der Waals surface area (Å²) < 4.78 is 23.9. The first-order valence-corrected chi connectivity index (χ1v) is 15.3. The maximum absolute atomic E-state index is 12.1. The molecule has 3 atom stereocenters. The minimum absolute atomic E-state index is 0.0130. The number of nitrogens with one attached hydrogen (secondary N) is 3. The van der Waals surface area contributed by atoms with E-state index in [-0.39, 0.29) is 28.6 Å². The molecule has 0 aliphatic carbocycles. The Morgan fingerprint density at radius 1 is 1.15 bits per heavy atom. The van der Waals surface area contributed by atoms with Crippen LogP contribution < -0.4 is 16.0 Å². The van der Waals surface area contributed by atoms with Gasteiger partial charge in [-0.15, -0.1) is 16.9 Å². The van der Waals surface area contributed by atoms with Gasteiger partial charge in [0.2, 0.25) is 5.91 Å². The van der Waals surface area contributed by atoms with Crippen molar-refractivity contribution < 1.29 is 28.5 Å². The molecule has 1 aromatic rings. The van der Waals surface area contributed by atoms with Crippen molar-refractivity contribution >= 4 is 23.7 Å². The third-order valence-corrected chi connectivity index (χ3v) is 8.09. The average Bonchev–Trinajstić information content (AvgIpc) is 3.59. The van der Waals surface area contributed by atoms with E-state index in [0.29, 0.717) is 71.6 Å². The molecular formula is C27H46N7O6S+. The molecule has 0 bridgehead atoms. The summed E-state index contributed by atoms with van der Waals surface area (Å²) in [7, 11) is 0. The third-order valence-electron chi connectivity index (χ3n) is 6.55. The van der Waals surface area contributed by atoms with E-state index in [0.717, 1.165) is 31.5 Å². The van der Waals surface area contributed by atoms with Crippen LogP contribution in [-0.2, 0) is 36.9 Å². The molecule has 2 aliphatic heterocycles. The average molecular weight is 597 g/mol. The summed E-state index contributed by atoms with van der Waals surface area (Å²) in [5.41, 5.74) is 0.258. The van der Waals surface area contributed by atoms with Crippen LogP contribution in [0.2, 0.25) is 0 Å². The van der Waals surface area contributed by atoms with Crippen LogP contribution in [0.15, 0.2) is 6.20 Å². The number of carbonyl (C=O) groups excluding carboxylic acids is 2. The second-order valence-electron chi connectivity index (χ2n) is 11.4. The summed E-state index contributed by atoms with van der Waals surface area (Å²) in [5.74, 6) is 0.677. The molecule has 41 heavy (non-hydrogen) atoms. The van der Waals surface area contributed by atoms with Crippen molar-refractivity contribution in [3.05, 3.63) is 16.7 Å². The summed E-state index contributed by atoms with van der Waals surface area (Å²) in [6.07, 6.45) is 4.95. The van der Waals surface area contributed by atoms with Gasteiger partial charge in [0, 0.05) is 24.8 Å². The summed E-state index contributed by atoms with van der Waals surface area (Å²) in [6, 6.07) is -0.323. The number of nitrogens with zero attached hydrogens (tertiary/aromatic N) is 4. The number of ether oxygens (including phenoxy) is 4. The Bertz CT molecular complexity index is 998. The van der Waals surface area contributed by atoms with Gasteiger partial charge in [0.05, 0.1) is 64.8 Å². The van der Waals surface area contributed by atoms with Crippen molar-refractivity contribution in [3.8, 4) is 6.57 Å². The topological polar surface area (TPSA) is 142 Å². The van der Waals surface area contributed by atoms with Crippen molar-refractivity contribution in [1.82, 2.24) is 30.9 Å². The van der Waals surface area contributed by atoms with E-state index in [1.54, 1.807) is 11.8 Å². The largest absolute Gasteiger partial charge is 0.386 e. The van der Waals surface area contributed by atoms with E-state index in [2.05, 4.69) is 51.9 Å². The van der Waals surface area contributed by atoms with Gasteiger partial charge < -0.3 is 29.6 Å². The minimum Gasteiger partial charge on any atom is -0.377 e. The fraction of sp³-hybridized carbons (Fsp3) is 0.815. The second-order valence-corrected chi connectivity index (χ2v) is 12.7. The van der Waals surface area contributed by atoms with Crippen LogP contribution in [0.4, 0.5) is 4.79 Å². The highest BCUT2D eigenvalue weighted by molar-refractivity contribution is 8.00. The molecule has 0 spiro atoms. The molecule has 230 valence electrons. The van der Waals surface area contributed by atoms with E-state index in [4.69, 9.17) is 25.5 Å². The minimum atomic E-state index is -0.699. The predicted molar refractivity (Wildman–Crippen MR) is 156 cm³/mol. The van der Waals surface area contributed by atoms with Gasteiger partial charge in [0.25, 0.3) is 6.57 Å². The van der Waals surface area contributed by atoms with Gasteiger partial charge in [-0.05, 0) is 18.3 Å². The van der Waals surface area contributed by atoms with E-state index < -0.39 is 5.66 Å². The molecule has 2 aliphatic rings. The Morgan fingerprint density at radius 2 is 1.83 bits per heavy atom. The van der Waals surface area contributed by atoms with Gasteiger partial charge in [-0.2, -0.15) is 0 Å². The molecule has 0 aromatic carbocycles. The first kappa shape index (κ1) is 33.1. The highest BCUT2D eigenvalue weighted by Crippen LogP contribution is 2.40. The number of urea groups is 1. The number of fused-ring (bicyclic) bond motifs is 1. The third kappa shape index (κ3) is 11.8. The molecule has 2 saturated heterocycles. The van der Waals surface area contributed by atoms with Crippen molar-refractivity contribution in [2.24, 2.45) is 5.41 Å². The fourth-order valence-corrected chi connectivity index (χ4v) is 6.23. The normalized spacial score (nSPS) is 21.8. The van der Waals surface area contributed by atoms with Crippen LogP contribution in [0.5, 0.6) is 0 Å². The standard InChI is InChI=1S/C27H45N7O6S/c1-26(2,3)19-34-17-21(32-33-34)18-40-16-15-39-14-13-38-12-11-37-10-9-29-23(35)8-6-5-7-22-24-27(28-4,20-41-22)31-25(36)30-24/h4,17,22,24H,5-16,18-20H2,1-3H3,(H2-,29,30,31,35,36)/p+1/t22-,24+,27-/m0/s1. The fourth-order valence-electron chi connectivity index (χ4n) is 4.61. The predicted octanol–water partition coefficient (Wildman–Crippen LogP) is 2.02. The van der Waals surface area contributed by atoms with Crippen LogP contribution in [0.25, 0.3) is 4.85 Å². The van der Waals surface area contributed by atoms with Crippen molar-refractivity contribution in [3.63, 3.8) is 0 Å². The van der Waals surface area contributed by atoms with Crippen molar-refractivity contribution in [2.75, 3.05) is 58.5 Å². The van der Waals surface area contributed by atoms with Crippen LogP contribution >= 0.6 is 11.8 Å². The smallest absolute Gasteiger partial charge is 0.377 e. The van der Waals surface area contributed by atoms with Gasteiger partial charge >= 0.3 is 11.7 Å². The highest BCUT2D eigenvalue weighted by Gasteiger charge is 2.63. The number of hydrogen-bond acceptors (Lipinski definition) is 9. The molecule has 3 rings (SSSR count).